The number of rotatable bonds is 4. The van der Waals surface area contributed by atoms with Crippen LogP contribution in [0, 0.1) is 12.7 Å². The molecular formula is C14H17FN2O3. The zero-order valence-corrected chi connectivity index (χ0v) is 11.2. The molecule has 108 valence electrons. The number of aliphatic carboxylic acids is 1. The molecule has 1 aromatic carbocycles. The Hall–Kier alpha value is -1.95. The molecule has 1 heterocycles. The molecule has 1 atom stereocenters. The summed E-state index contributed by atoms with van der Waals surface area (Å²) in [5.41, 5.74) is 1.31. The monoisotopic (exact) mass is 280 g/mol. The third kappa shape index (κ3) is 3.14. The van der Waals surface area contributed by atoms with Crippen LogP contribution < -0.4 is 5.32 Å². The number of hydrogen-bond donors (Lipinski definition) is 2. The van der Waals surface area contributed by atoms with Crippen molar-refractivity contribution in [1.29, 1.82) is 0 Å². The van der Waals surface area contributed by atoms with Gasteiger partial charge in [0.05, 0.1) is 6.42 Å². The molecule has 0 spiro atoms. The van der Waals surface area contributed by atoms with Gasteiger partial charge in [-0.15, -0.1) is 0 Å². The van der Waals surface area contributed by atoms with Crippen LogP contribution in [-0.2, 0) is 16.1 Å². The Morgan fingerprint density at radius 2 is 2.30 bits per heavy atom. The fraction of sp³-hybridized carbons (Fsp3) is 0.429. The predicted octanol–water partition coefficient (Wildman–Crippen LogP) is 0.909. The predicted molar refractivity (Wildman–Crippen MR) is 70.6 cm³/mol. The lowest BCUT2D eigenvalue weighted by atomic mass is 10.0. The number of carboxylic acid groups (broad SMARTS) is 1. The van der Waals surface area contributed by atoms with Crippen LogP contribution in [0.2, 0.25) is 0 Å². The van der Waals surface area contributed by atoms with Crippen molar-refractivity contribution in [3.05, 3.63) is 35.1 Å². The zero-order chi connectivity index (χ0) is 14.7. The largest absolute Gasteiger partial charge is 0.481 e. The van der Waals surface area contributed by atoms with E-state index in [4.69, 9.17) is 5.11 Å². The minimum Gasteiger partial charge on any atom is -0.481 e. The van der Waals surface area contributed by atoms with Gasteiger partial charge in [-0.25, -0.2) is 4.39 Å². The van der Waals surface area contributed by atoms with E-state index in [1.807, 2.05) is 0 Å². The number of carbonyl (C=O) groups excluding carboxylic acids is 1. The molecule has 1 fully saturated rings. The summed E-state index contributed by atoms with van der Waals surface area (Å²) in [6.45, 7) is 3.08. The minimum absolute atomic E-state index is 0.250. The molecule has 6 heteroatoms. The van der Waals surface area contributed by atoms with E-state index in [0.29, 0.717) is 25.2 Å². The van der Waals surface area contributed by atoms with Crippen molar-refractivity contribution in [3.63, 3.8) is 0 Å². The smallest absolute Gasteiger partial charge is 0.305 e. The van der Waals surface area contributed by atoms with Gasteiger partial charge < -0.3 is 10.4 Å². The highest BCUT2D eigenvalue weighted by molar-refractivity contribution is 5.86. The Kier molecular flexibility index (Phi) is 4.34. The van der Waals surface area contributed by atoms with Crippen molar-refractivity contribution in [2.45, 2.75) is 25.9 Å². The highest BCUT2D eigenvalue weighted by Gasteiger charge is 2.31. The Bertz CT molecular complexity index is 533. The van der Waals surface area contributed by atoms with E-state index in [9.17, 15) is 14.0 Å². The van der Waals surface area contributed by atoms with Gasteiger partial charge in [-0.2, -0.15) is 0 Å². The molecule has 2 rings (SSSR count). The summed E-state index contributed by atoms with van der Waals surface area (Å²) in [5.74, 6) is -1.60. The molecule has 1 aromatic rings. The molecule has 0 radical (unpaired) electrons. The molecule has 1 amide bonds. The van der Waals surface area contributed by atoms with Crippen LogP contribution >= 0.6 is 0 Å². The Morgan fingerprint density at radius 3 is 3.00 bits per heavy atom. The van der Waals surface area contributed by atoms with Crippen LogP contribution in [0.1, 0.15) is 17.5 Å². The molecule has 0 saturated carbocycles. The quantitative estimate of drug-likeness (QED) is 0.860. The lowest BCUT2D eigenvalue weighted by molar-refractivity contribution is -0.143. The summed E-state index contributed by atoms with van der Waals surface area (Å²) < 4.78 is 13.5. The highest BCUT2D eigenvalue weighted by Crippen LogP contribution is 2.18. The summed E-state index contributed by atoms with van der Waals surface area (Å²) in [4.78, 5) is 24.4. The van der Waals surface area contributed by atoms with Crippen LogP contribution in [0.3, 0.4) is 0 Å². The number of piperazine rings is 1. The Balaban J connectivity index is 2.18. The second-order valence-electron chi connectivity index (χ2n) is 4.90. The van der Waals surface area contributed by atoms with Gasteiger partial charge in [0, 0.05) is 19.6 Å². The van der Waals surface area contributed by atoms with Gasteiger partial charge in [0.25, 0.3) is 0 Å². The van der Waals surface area contributed by atoms with Gasteiger partial charge in [0.1, 0.15) is 11.9 Å². The van der Waals surface area contributed by atoms with Crippen LogP contribution in [0.4, 0.5) is 4.39 Å². The molecule has 1 aliphatic rings. The minimum atomic E-state index is -1.02. The first-order valence-electron chi connectivity index (χ1n) is 6.46. The standard InChI is InChI=1S/C14H17FN2O3/c1-9-10(3-2-4-11(9)15)8-17-6-5-16-14(20)12(17)7-13(18)19/h2-4,12H,5-8H2,1H3,(H,16,20)(H,18,19)/t12-/m1/s1. The van der Waals surface area contributed by atoms with Crippen molar-refractivity contribution in [2.24, 2.45) is 0 Å². The number of amides is 1. The maximum Gasteiger partial charge on any atom is 0.305 e. The zero-order valence-electron chi connectivity index (χ0n) is 11.2. The van der Waals surface area contributed by atoms with Gasteiger partial charge >= 0.3 is 5.97 Å². The molecule has 0 bridgehead atoms. The number of benzene rings is 1. The molecule has 0 unspecified atom stereocenters. The number of halogens is 1. The maximum absolute atomic E-state index is 13.5. The van der Waals surface area contributed by atoms with E-state index in [2.05, 4.69) is 5.32 Å². The lowest BCUT2D eigenvalue weighted by Crippen LogP contribution is -2.55. The summed E-state index contributed by atoms with van der Waals surface area (Å²) in [7, 11) is 0. The number of nitrogens with one attached hydrogen (secondary N) is 1. The number of carbonyl (C=O) groups is 2. The summed E-state index contributed by atoms with van der Waals surface area (Å²) >= 11 is 0. The fourth-order valence-corrected chi connectivity index (χ4v) is 2.38. The number of hydrogen-bond acceptors (Lipinski definition) is 3. The first kappa shape index (κ1) is 14.5. The molecule has 0 aromatic heterocycles. The average Bonchev–Trinajstić information content (AvgIpc) is 2.38. The van der Waals surface area contributed by atoms with Crippen LogP contribution in [-0.4, -0.2) is 41.0 Å². The average molecular weight is 280 g/mol. The molecular weight excluding hydrogens is 263 g/mol. The van der Waals surface area contributed by atoms with Crippen molar-refractivity contribution in [1.82, 2.24) is 10.2 Å². The normalized spacial score (nSPS) is 19.7. The number of nitrogens with zero attached hydrogens (tertiary/aromatic N) is 1. The third-order valence-corrected chi connectivity index (χ3v) is 3.56. The van der Waals surface area contributed by atoms with Gasteiger partial charge in [-0.05, 0) is 24.1 Å². The lowest BCUT2D eigenvalue weighted by Gasteiger charge is -2.34. The van der Waals surface area contributed by atoms with E-state index in [1.54, 1.807) is 24.0 Å². The van der Waals surface area contributed by atoms with E-state index in [1.165, 1.54) is 6.07 Å². The second kappa shape index (κ2) is 6.00. The Morgan fingerprint density at radius 1 is 1.55 bits per heavy atom. The first-order chi connectivity index (χ1) is 9.49. The molecule has 5 nitrogen and oxygen atoms in total. The van der Waals surface area contributed by atoms with Crippen LogP contribution in [0.15, 0.2) is 18.2 Å². The van der Waals surface area contributed by atoms with Crippen LogP contribution in [0.5, 0.6) is 0 Å². The summed E-state index contributed by atoms with van der Waals surface area (Å²) in [6.07, 6.45) is -0.250. The van der Waals surface area contributed by atoms with Gasteiger partial charge in [-0.1, -0.05) is 12.1 Å². The molecule has 2 N–H and O–H groups in total. The van der Waals surface area contributed by atoms with Crippen molar-refractivity contribution in [3.8, 4) is 0 Å². The van der Waals surface area contributed by atoms with Gasteiger partial charge in [-0.3, -0.25) is 14.5 Å². The molecule has 0 aliphatic carbocycles. The second-order valence-corrected chi connectivity index (χ2v) is 4.90. The summed E-state index contributed by atoms with van der Waals surface area (Å²) in [6, 6.07) is 4.09. The van der Waals surface area contributed by atoms with E-state index < -0.39 is 12.0 Å². The van der Waals surface area contributed by atoms with E-state index >= 15 is 0 Å². The maximum atomic E-state index is 13.5. The molecule has 1 aliphatic heterocycles. The van der Waals surface area contributed by atoms with Gasteiger partial charge in [0.2, 0.25) is 5.91 Å². The SMILES string of the molecule is Cc1c(F)cccc1CN1CCNC(=O)[C@H]1CC(=O)O. The van der Waals surface area contributed by atoms with Gasteiger partial charge in [0.15, 0.2) is 0 Å². The van der Waals surface area contributed by atoms with Crippen molar-refractivity contribution in [2.75, 3.05) is 13.1 Å². The van der Waals surface area contributed by atoms with Crippen LogP contribution in [0.25, 0.3) is 0 Å². The van der Waals surface area contributed by atoms with E-state index in [0.717, 1.165) is 5.56 Å². The molecule has 20 heavy (non-hydrogen) atoms. The molecule has 1 saturated heterocycles. The third-order valence-electron chi connectivity index (χ3n) is 3.56. The first-order valence-corrected chi connectivity index (χ1v) is 6.46. The fourth-order valence-electron chi connectivity index (χ4n) is 2.38. The van der Waals surface area contributed by atoms with Crippen molar-refractivity contribution >= 4 is 11.9 Å². The number of carboxylic acids is 1. The highest BCUT2D eigenvalue weighted by atomic mass is 19.1. The topological polar surface area (TPSA) is 69.6 Å². The van der Waals surface area contributed by atoms with E-state index in [-0.39, 0.29) is 18.1 Å². The summed E-state index contributed by atoms with van der Waals surface area (Å²) in [5, 5.41) is 11.6. The Labute approximate surface area is 116 Å². The van der Waals surface area contributed by atoms with Crippen molar-refractivity contribution < 1.29 is 19.1 Å².